The molecule has 192 valence electrons. The molecule has 0 bridgehead atoms. The van der Waals surface area contributed by atoms with Gasteiger partial charge in [-0.15, -0.1) is 0 Å². The number of fused-ring (bicyclic) bond motifs is 1. The summed E-state index contributed by atoms with van der Waals surface area (Å²) in [5.74, 6) is -0.579. The van der Waals surface area contributed by atoms with Gasteiger partial charge in [-0.2, -0.15) is 0 Å². The second kappa shape index (κ2) is 11.5. The van der Waals surface area contributed by atoms with Gasteiger partial charge < -0.3 is 19.7 Å². The number of benzene rings is 2. The quantitative estimate of drug-likeness (QED) is 0.460. The highest BCUT2D eigenvalue weighted by molar-refractivity contribution is 8.16. The molecule has 0 aliphatic carbocycles. The number of carbonyl (C=O) groups excluding carboxylic acids is 2. The normalized spacial score (nSPS) is 20.9. The summed E-state index contributed by atoms with van der Waals surface area (Å²) >= 11 is 8.13. The van der Waals surface area contributed by atoms with E-state index in [0.29, 0.717) is 28.0 Å². The highest BCUT2D eigenvalue weighted by atomic mass is 35.5. The highest BCUT2D eigenvalue weighted by Gasteiger charge is 2.43. The van der Waals surface area contributed by atoms with Crippen LogP contribution in [-0.4, -0.2) is 47.8 Å². The van der Waals surface area contributed by atoms with E-state index in [1.165, 1.54) is 11.8 Å². The van der Waals surface area contributed by atoms with Crippen LogP contribution >= 0.6 is 23.4 Å². The minimum Gasteiger partial charge on any atom is -0.463 e. The van der Waals surface area contributed by atoms with Crippen molar-refractivity contribution in [2.75, 3.05) is 19.8 Å². The minimum absolute atomic E-state index is 0.0608. The third-order valence-electron chi connectivity index (χ3n) is 6.45. The number of nitrogens with zero attached hydrogens (tertiary/aromatic N) is 2. The summed E-state index contributed by atoms with van der Waals surface area (Å²) in [6, 6.07) is 16.4. The van der Waals surface area contributed by atoms with Crippen LogP contribution in [0.1, 0.15) is 43.4 Å². The van der Waals surface area contributed by atoms with Crippen molar-refractivity contribution in [3.05, 3.63) is 87.4 Å². The monoisotopic (exact) mass is 537 g/mol. The van der Waals surface area contributed by atoms with Crippen molar-refractivity contribution < 1.29 is 19.1 Å². The minimum atomic E-state index is -0.609. The van der Waals surface area contributed by atoms with E-state index in [1.807, 2.05) is 58.8 Å². The zero-order valence-electron chi connectivity index (χ0n) is 20.5. The van der Waals surface area contributed by atoms with Crippen molar-refractivity contribution in [3.8, 4) is 0 Å². The van der Waals surface area contributed by atoms with Gasteiger partial charge in [0.1, 0.15) is 0 Å². The summed E-state index contributed by atoms with van der Waals surface area (Å²) in [5, 5.41) is 6.11. The number of thioether (sulfide) groups is 1. The van der Waals surface area contributed by atoms with E-state index in [-0.39, 0.29) is 25.0 Å². The van der Waals surface area contributed by atoms with Gasteiger partial charge in [0, 0.05) is 29.4 Å². The van der Waals surface area contributed by atoms with Gasteiger partial charge in [-0.3, -0.25) is 4.79 Å². The number of ether oxygens (including phenoxy) is 2. The molecule has 0 saturated carbocycles. The van der Waals surface area contributed by atoms with Crippen molar-refractivity contribution in [1.82, 2.24) is 10.2 Å². The average molecular weight is 538 g/mol. The van der Waals surface area contributed by atoms with Crippen LogP contribution in [0, 0.1) is 0 Å². The lowest BCUT2D eigenvalue weighted by Crippen LogP contribution is -2.39. The molecule has 3 aliphatic rings. The number of esters is 1. The first-order valence-corrected chi connectivity index (χ1v) is 13.7. The molecule has 1 saturated heterocycles. The molecule has 7 nitrogen and oxygen atoms in total. The molecule has 2 aromatic carbocycles. The van der Waals surface area contributed by atoms with Crippen molar-refractivity contribution in [3.63, 3.8) is 0 Å². The molecule has 1 amide bonds. The van der Waals surface area contributed by atoms with Crippen LogP contribution in [0.5, 0.6) is 0 Å². The van der Waals surface area contributed by atoms with Crippen LogP contribution < -0.4 is 5.32 Å². The number of amides is 1. The third kappa shape index (κ3) is 5.46. The molecule has 0 radical (unpaired) electrons. The van der Waals surface area contributed by atoms with Crippen LogP contribution in [0.25, 0.3) is 5.70 Å². The molecule has 1 fully saturated rings. The molecule has 37 heavy (non-hydrogen) atoms. The van der Waals surface area contributed by atoms with E-state index >= 15 is 0 Å². The Kier molecular flexibility index (Phi) is 7.98. The number of hydrogen-bond donors (Lipinski definition) is 1. The Morgan fingerprint density at radius 3 is 2.70 bits per heavy atom. The van der Waals surface area contributed by atoms with Gasteiger partial charge in [0.2, 0.25) is 5.91 Å². The lowest BCUT2D eigenvalue weighted by Gasteiger charge is -2.37. The molecule has 1 N–H and O–H groups in total. The summed E-state index contributed by atoms with van der Waals surface area (Å²) in [4.78, 5) is 33.3. The fraction of sp³-hybridized carbons (Fsp3) is 0.321. The van der Waals surface area contributed by atoms with E-state index in [4.69, 9.17) is 26.1 Å². The Balaban J connectivity index is 1.54. The lowest BCUT2D eigenvalue weighted by molar-refractivity contribution is -0.139. The van der Waals surface area contributed by atoms with E-state index < -0.39 is 12.0 Å². The number of hydrogen-bond acceptors (Lipinski definition) is 7. The number of carbonyl (C=O) groups is 2. The molecule has 3 heterocycles. The summed E-state index contributed by atoms with van der Waals surface area (Å²) < 4.78 is 11.2. The fourth-order valence-electron chi connectivity index (χ4n) is 4.74. The molecular formula is C28H28ClN3O4S. The number of halogens is 1. The van der Waals surface area contributed by atoms with Crippen LogP contribution in [0.3, 0.4) is 0 Å². The van der Waals surface area contributed by atoms with E-state index in [1.54, 1.807) is 13.0 Å². The molecule has 0 aromatic heterocycles. The molecule has 2 atom stereocenters. The Morgan fingerprint density at radius 2 is 1.97 bits per heavy atom. The summed E-state index contributed by atoms with van der Waals surface area (Å²) in [7, 11) is 0. The molecule has 0 spiro atoms. The number of amidine groups is 1. The first kappa shape index (κ1) is 25.6. The molecule has 5 rings (SSSR count). The van der Waals surface area contributed by atoms with Crippen molar-refractivity contribution in [2.45, 2.75) is 38.3 Å². The molecule has 0 unspecified atom stereocenters. The predicted molar refractivity (Wildman–Crippen MR) is 146 cm³/mol. The topological polar surface area (TPSA) is 80.2 Å². The second-order valence-electron chi connectivity index (χ2n) is 8.88. The maximum Gasteiger partial charge on any atom is 0.338 e. The highest BCUT2D eigenvalue weighted by Crippen LogP contribution is 2.48. The number of nitrogens with one attached hydrogen (secondary N) is 1. The van der Waals surface area contributed by atoms with Crippen molar-refractivity contribution in [2.24, 2.45) is 4.99 Å². The Labute approximate surface area is 225 Å². The van der Waals surface area contributed by atoms with Crippen LogP contribution in [0.15, 0.2) is 76.3 Å². The Bertz CT molecular complexity index is 1270. The van der Waals surface area contributed by atoms with Crippen LogP contribution in [0.4, 0.5) is 0 Å². The first-order valence-electron chi connectivity index (χ1n) is 12.4. The maximum atomic E-state index is 13.5. The molecular weight excluding hydrogens is 510 g/mol. The zero-order chi connectivity index (χ0) is 25.8. The predicted octanol–water partition coefficient (Wildman–Crippen LogP) is 5.30. The van der Waals surface area contributed by atoms with Gasteiger partial charge in [-0.25, -0.2) is 9.79 Å². The van der Waals surface area contributed by atoms with E-state index in [0.717, 1.165) is 36.3 Å². The van der Waals surface area contributed by atoms with Gasteiger partial charge in [0.25, 0.3) is 0 Å². The van der Waals surface area contributed by atoms with Gasteiger partial charge in [0.15, 0.2) is 5.17 Å². The van der Waals surface area contributed by atoms with E-state index in [9.17, 15) is 9.59 Å². The Hall–Kier alpha value is -3.07. The van der Waals surface area contributed by atoms with Gasteiger partial charge in [0.05, 0.1) is 36.4 Å². The smallest absolute Gasteiger partial charge is 0.338 e. The standard InChI is InChI=1S/C28H28ClN3O4S/c1-2-35-27(34)24-25(18-9-4-3-5-10-18)31-28-32(26(24)21-12-6-7-13-22(21)29)19(17-37-28)15-23(33)30-16-20-11-8-14-36-20/h3-7,9-10,12-13,17,20,26H,2,8,11,14-16H2,1H3,(H,30,33)/t20-,26+/m0/s1. The average Bonchev–Trinajstić information content (AvgIpc) is 3.58. The largest absolute Gasteiger partial charge is 0.463 e. The fourth-order valence-corrected chi connectivity index (χ4v) is 5.90. The summed E-state index contributed by atoms with van der Waals surface area (Å²) in [6.45, 7) is 3.22. The molecule has 2 aromatic rings. The summed E-state index contributed by atoms with van der Waals surface area (Å²) in [6.07, 6.45) is 2.16. The van der Waals surface area contributed by atoms with Crippen molar-refractivity contribution >= 4 is 46.1 Å². The maximum absolute atomic E-state index is 13.5. The zero-order valence-corrected chi connectivity index (χ0v) is 22.1. The van der Waals surface area contributed by atoms with Crippen LogP contribution in [-0.2, 0) is 19.1 Å². The van der Waals surface area contributed by atoms with Gasteiger partial charge >= 0.3 is 5.97 Å². The van der Waals surface area contributed by atoms with E-state index in [2.05, 4.69) is 5.32 Å². The molecule has 3 aliphatic heterocycles. The summed E-state index contributed by atoms with van der Waals surface area (Å²) in [5.41, 5.74) is 3.21. The number of rotatable bonds is 8. The number of aliphatic imine (C=N–C) groups is 1. The van der Waals surface area contributed by atoms with Crippen LogP contribution in [0.2, 0.25) is 5.02 Å². The second-order valence-corrected chi connectivity index (χ2v) is 10.1. The lowest BCUT2D eigenvalue weighted by atomic mass is 9.91. The third-order valence-corrected chi connectivity index (χ3v) is 7.68. The molecule has 9 heteroatoms. The SMILES string of the molecule is CCOC(=O)C1=C(c2ccccc2)N=C2SC=C(CC(=O)NC[C@@H]3CCCO3)N2[C@@H]1c1ccccc1Cl. The van der Waals surface area contributed by atoms with Gasteiger partial charge in [-0.1, -0.05) is 71.9 Å². The first-order chi connectivity index (χ1) is 18.1. The van der Waals surface area contributed by atoms with Crippen molar-refractivity contribution in [1.29, 1.82) is 0 Å². The Morgan fingerprint density at radius 1 is 1.19 bits per heavy atom. The van der Waals surface area contributed by atoms with Gasteiger partial charge in [-0.05, 0) is 36.8 Å².